The van der Waals surface area contributed by atoms with Crippen LogP contribution in [-0.2, 0) is 9.59 Å². The lowest BCUT2D eigenvalue weighted by atomic mass is 10.0. The average molecular weight is 407 g/mol. The Morgan fingerprint density at radius 1 is 0.967 bits per heavy atom. The minimum atomic E-state index is -0.318. The number of carbonyl (C=O) groups excluding carboxylic acids is 3. The van der Waals surface area contributed by atoms with E-state index in [2.05, 4.69) is 0 Å². The number of nitrogens with zero attached hydrogens (tertiary/aromatic N) is 3. The van der Waals surface area contributed by atoms with Gasteiger partial charge in [-0.05, 0) is 48.7 Å². The molecule has 0 saturated carbocycles. The number of anilines is 1. The van der Waals surface area contributed by atoms with Crippen LogP contribution < -0.4 is 4.90 Å². The van der Waals surface area contributed by atoms with Crippen LogP contribution in [0.15, 0.2) is 60.7 Å². The fraction of sp³-hybridized carbons (Fsp3) is 0.261. The first-order valence-corrected chi connectivity index (χ1v) is 9.94. The Morgan fingerprint density at radius 2 is 1.63 bits per heavy atom. The van der Waals surface area contributed by atoms with Crippen LogP contribution in [-0.4, -0.2) is 53.3 Å². The summed E-state index contributed by atoms with van der Waals surface area (Å²) in [4.78, 5) is 42.3. The third-order valence-electron chi connectivity index (χ3n) is 5.51. The zero-order valence-corrected chi connectivity index (χ0v) is 16.4. The molecule has 0 aliphatic carbocycles. The van der Waals surface area contributed by atoms with Gasteiger partial charge in [-0.25, -0.2) is 14.1 Å². The van der Waals surface area contributed by atoms with Crippen molar-refractivity contribution in [1.82, 2.24) is 9.80 Å². The summed E-state index contributed by atoms with van der Waals surface area (Å²) in [7, 11) is 0. The number of para-hydroxylation sites is 1. The third-order valence-corrected chi connectivity index (χ3v) is 5.51. The number of hydrogen-bond acceptors (Lipinski definition) is 3. The largest absolute Gasteiger partial charge is 0.339 e. The fourth-order valence-electron chi connectivity index (χ4n) is 3.88. The smallest absolute Gasteiger partial charge is 0.332 e. The van der Waals surface area contributed by atoms with Crippen molar-refractivity contribution in [3.05, 3.63) is 72.1 Å². The molecule has 154 valence electrons. The second-order valence-electron chi connectivity index (χ2n) is 7.42. The van der Waals surface area contributed by atoms with E-state index in [0.29, 0.717) is 31.6 Å². The summed E-state index contributed by atoms with van der Waals surface area (Å²) in [5.41, 5.74) is 1.33. The van der Waals surface area contributed by atoms with Gasteiger partial charge in [-0.2, -0.15) is 0 Å². The van der Waals surface area contributed by atoms with Crippen molar-refractivity contribution in [2.24, 2.45) is 0 Å². The monoisotopic (exact) mass is 407 g/mol. The second kappa shape index (κ2) is 8.49. The van der Waals surface area contributed by atoms with Crippen molar-refractivity contribution in [1.29, 1.82) is 0 Å². The number of halogens is 1. The van der Waals surface area contributed by atoms with Crippen LogP contribution in [0.25, 0.3) is 6.08 Å². The molecular weight excluding hydrogens is 385 g/mol. The van der Waals surface area contributed by atoms with Crippen LogP contribution in [0.5, 0.6) is 0 Å². The van der Waals surface area contributed by atoms with Crippen LogP contribution in [0.3, 0.4) is 0 Å². The van der Waals surface area contributed by atoms with Crippen LogP contribution in [0.1, 0.15) is 18.4 Å². The topological polar surface area (TPSA) is 60.9 Å². The molecule has 0 spiro atoms. The highest BCUT2D eigenvalue weighted by atomic mass is 19.1. The summed E-state index contributed by atoms with van der Waals surface area (Å²) in [6.45, 7) is 1.10. The highest BCUT2D eigenvalue weighted by molar-refractivity contribution is 6.19. The van der Waals surface area contributed by atoms with Crippen molar-refractivity contribution >= 4 is 29.6 Å². The number of piperidine rings is 1. The average Bonchev–Trinajstić information content (AvgIpc) is 3.07. The number of rotatable bonds is 4. The predicted octanol–water partition coefficient (Wildman–Crippen LogP) is 3.30. The molecule has 0 radical (unpaired) electrons. The number of hydrogen-bond donors (Lipinski definition) is 0. The lowest BCUT2D eigenvalue weighted by molar-refractivity contribution is -0.127. The molecule has 6 nitrogen and oxygen atoms in total. The lowest BCUT2D eigenvalue weighted by Crippen LogP contribution is -2.47. The summed E-state index contributed by atoms with van der Waals surface area (Å²) < 4.78 is 13.0. The molecule has 2 aliphatic heterocycles. The maximum Gasteiger partial charge on any atom is 0.332 e. The van der Waals surface area contributed by atoms with Gasteiger partial charge in [0, 0.05) is 25.2 Å². The molecule has 0 bridgehead atoms. The van der Waals surface area contributed by atoms with Crippen LogP contribution in [0.4, 0.5) is 14.9 Å². The van der Waals surface area contributed by atoms with Gasteiger partial charge < -0.3 is 9.80 Å². The van der Waals surface area contributed by atoms with Crippen molar-refractivity contribution in [3.8, 4) is 0 Å². The highest BCUT2D eigenvalue weighted by Crippen LogP contribution is 2.26. The Morgan fingerprint density at radius 3 is 2.30 bits per heavy atom. The number of benzene rings is 2. The molecule has 7 heteroatoms. The molecule has 4 amide bonds. The summed E-state index contributed by atoms with van der Waals surface area (Å²) in [5.74, 6) is -0.666. The predicted molar refractivity (Wildman–Crippen MR) is 111 cm³/mol. The number of urea groups is 1. The standard InChI is InChI=1S/C23H22FN3O3/c24-18-9-6-17(7-10-18)8-11-21(28)25-14-12-19(13-15-25)26-16-22(29)27(23(26)30)20-4-2-1-3-5-20/h1-11,19H,12-16H2/b11-8+. The van der Waals surface area contributed by atoms with Gasteiger partial charge in [-0.15, -0.1) is 0 Å². The van der Waals surface area contributed by atoms with Crippen LogP contribution >= 0.6 is 0 Å². The van der Waals surface area contributed by atoms with Crippen LogP contribution in [0, 0.1) is 5.82 Å². The van der Waals surface area contributed by atoms with Crippen molar-refractivity contribution in [2.45, 2.75) is 18.9 Å². The van der Waals surface area contributed by atoms with E-state index in [1.807, 2.05) is 6.07 Å². The molecule has 0 unspecified atom stereocenters. The van der Waals surface area contributed by atoms with Gasteiger partial charge in [0.25, 0.3) is 5.91 Å². The van der Waals surface area contributed by atoms with E-state index in [4.69, 9.17) is 0 Å². The van der Waals surface area contributed by atoms with Crippen molar-refractivity contribution in [3.63, 3.8) is 0 Å². The maximum absolute atomic E-state index is 13.0. The van der Waals surface area contributed by atoms with Crippen molar-refractivity contribution < 1.29 is 18.8 Å². The third kappa shape index (κ3) is 4.10. The normalized spacial score (nSPS) is 18.0. The Hall–Kier alpha value is -3.48. The van der Waals surface area contributed by atoms with E-state index >= 15 is 0 Å². The molecule has 0 N–H and O–H groups in total. The Labute approximate surface area is 174 Å². The van der Waals surface area contributed by atoms with Gasteiger partial charge in [0.05, 0.1) is 5.69 Å². The summed E-state index contributed by atoms with van der Waals surface area (Å²) in [5, 5.41) is 0. The molecule has 2 aliphatic rings. The SMILES string of the molecule is O=C(/C=C/c1ccc(F)cc1)N1CCC(N2CC(=O)N(c3ccccc3)C2=O)CC1. The molecular formula is C23H22FN3O3. The van der Waals surface area contributed by atoms with Gasteiger partial charge in [0.1, 0.15) is 12.4 Å². The van der Waals surface area contributed by atoms with E-state index in [0.717, 1.165) is 5.56 Å². The Balaban J connectivity index is 1.34. The Kier molecular flexibility index (Phi) is 5.61. The van der Waals surface area contributed by atoms with Crippen LogP contribution in [0.2, 0.25) is 0 Å². The first-order valence-electron chi connectivity index (χ1n) is 9.94. The molecule has 2 aromatic rings. The highest BCUT2D eigenvalue weighted by Gasteiger charge is 2.41. The zero-order chi connectivity index (χ0) is 21.1. The van der Waals surface area contributed by atoms with Crippen molar-refractivity contribution in [2.75, 3.05) is 24.5 Å². The van der Waals surface area contributed by atoms with E-state index in [1.54, 1.807) is 52.3 Å². The molecule has 2 heterocycles. The molecule has 30 heavy (non-hydrogen) atoms. The van der Waals surface area contributed by atoms with Gasteiger partial charge in [0.2, 0.25) is 5.91 Å². The molecule has 2 saturated heterocycles. The number of carbonyl (C=O) groups is 3. The van der Waals surface area contributed by atoms with E-state index in [1.165, 1.54) is 23.1 Å². The zero-order valence-electron chi connectivity index (χ0n) is 16.4. The maximum atomic E-state index is 13.0. The molecule has 0 atom stereocenters. The number of imide groups is 1. The fourth-order valence-corrected chi connectivity index (χ4v) is 3.88. The second-order valence-corrected chi connectivity index (χ2v) is 7.42. The quantitative estimate of drug-likeness (QED) is 0.577. The van der Waals surface area contributed by atoms with Gasteiger partial charge in [0.15, 0.2) is 0 Å². The minimum absolute atomic E-state index is 0.0663. The Bertz CT molecular complexity index is 967. The van der Waals surface area contributed by atoms with E-state index in [-0.39, 0.29) is 36.2 Å². The van der Waals surface area contributed by atoms with E-state index < -0.39 is 0 Å². The van der Waals surface area contributed by atoms with Gasteiger partial charge in [-0.3, -0.25) is 9.59 Å². The summed E-state index contributed by atoms with van der Waals surface area (Å²) >= 11 is 0. The molecule has 2 fully saturated rings. The van der Waals surface area contributed by atoms with Gasteiger partial charge in [-0.1, -0.05) is 30.3 Å². The number of amides is 4. The summed E-state index contributed by atoms with van der Waals surface area (Å²) in [6.07, 6.45) is 4.39. The van der Waals surface area contributed by atoms with E-state index in [9.17, 15) is 18.8 Å². The van der Waals surface area contributed by atoms with Gasteiger partial charge >= 0.3 is 6.03 Å². The first kappa shape index (κ1) is 19.8. The minimum Gasteiger partial charge on any atom is -0.339 e. The molecule has 4 rings (SSSR count). The molecule has 2 aromatic carbocycles. The molecule has 0 aromatic heterocycles. The number of likely N-dealkylation sites (tertiary alicyclic amines) is 1. The lowest BCUT2D eigenvalue weighted by Gasteiger charge is -2.35. The summed E-state index contributed by atoms with van der Waals surface area (Å²) in [6, 6.07) is 14.5. The first-order chi connectivity index (χ1) is 14.5.